The van der Waals surface area contributed by atoms with Gasteiger partial charge in [-0.05, 0) is 44.4 Å². The molecule has 0 aromatic heterocycles. The summed E-state index contributed by atoms with van der Waals surface area (Å²) < 4.78 is 5.73. The Morgan fingerprint density at radius 1 is 1.17 bits per heavy atom. The third kappa shape index (κ3) is 11.2. The lowest BCUT2D eigenvalue weighted by molar-refractivity contribution is -0.159. The Kier molecular flexibility index (Phi) is 8.95. The molecular formula is C17H27NO5. The molecule has 0 amide bonds. The van der Waals surface area contributed by atoms with Gasteiger partial charge in [0.1, 0.15) is 12.4 Å². The fourth-order valence-electron chi connectivity index (χ4n) is 1.56. The van der Waals surface area contributed by atoms with E-state index in [-0.39, 0.29) is 5.54 Å². The van der Waals surface area contributed by atoms with Crippen LogP contribution in [-0.4, -0.2) is 40.8 Å². The van der Waals surface area contributed by atoms with Crippen molar-refractivity contribution in [3.05, 3.63) is 29.8 Å². The summed E-state index contributed by atoms with van der Waals surface area (Å²) in [4.78, 5) is 18.2. The van der Waals surface area contributed by atoms with E-state index in [1.165, 1.54) is 5.56 Å². The van der Waals surface area contributed by atoms with Gasteiger partial charge < -0.3 is 20.3 Å². The molecule has 0 radical (unpaired) electrons. The number of nitrogens with one attached hydrogen (secondary N) is 1. The molecule has 0 saturated heterocycles. The Balaban J connectivity index is 0.000000688. The van der Waals surface area contributed by atoms with Crippen LogP contribution in [0.4, 0.5) is 0 Å². The van der Waals surface area contributed by atoms with Crippen LogP contribution < -0.4 is 10.1 Å². The highest BCUT2D eigenvalue weighted by Crippen LogP contribution is 2.19. The van der Waals surface area contributed by atoms with E-state index in [0.717, 1.165) is 12.3 Å². The maximum atomic E-state index is 9.10. The molecule has 0 atom stereocenters. The summed E-state index contributed by atoms with van der Waals surface area (Å²) in [5.74, 6) is -2.14. The van der Waals surface area contributed by atoms with Gasteiger partial charge in [0.15, 0.2) is 0 Å². The fraction of sp³-hybridized carbons (Fsp3) is 0.529. The molecule has 6 nitrogen and oxygen atoms in total. The Bertz CT molecular complexity index is 494. The molecule has 0 saturated carbocycles. The van der Waals surface area contributed by atoms with E-state index < -0.39 is 11.9 Å². The van der Waals surface area contributed by atoms with Crippen LogP contribution in [0.25, 0.3) is 0 Å². The minimum atomic E-state index is -1.82. The van der Waals surface area contributed by atoms with Gasteiger partial charge in [-0.15, -0.1) is 0 Å². The lowest BCUT2D eigenvalue weighted by Crippen LogP contribution is -2.38. The first kappa shape index (κ1) is 20.9. The summed E-state index contributed by atoms with van der Waals surface area (Å²) in [5.41, 5.74) is 1.48. The largest absolute Gasteiger partial charge is 0.492 e. The van der Waals surface area contributed by atoms with E-state index in [0.29, 0.717) is 12.5 Å². The molecular weight excluding hydrogens is 298 g/mol. The van der Waals surface area contributed by atoms with Gasteiger partial charge in [0.25, 0.3) is 0 Å². The second-order valence-corrected chi connectivity index (χ2v) is 6.36. The van der Waals surface area contributed by atoms with Crippen LogP contribution in [0.5, 0.6) is 5.75 Å². The number of benzene rings is 1. The Morgan fingerprint density at radius 3 is 2.17 bits per heavy atom. The maximum absolute atomic E-state index is 9.10. The van der Waals surface area contributed by atoms with E-state index in [4.69, 9.17) is 24.5 Å². The summed E-state index contributed by atoms with van der Waals surface area (Å²) in [6.45, 7) is 12.4. The summed E-state index contributed by atoms with van der Waals surface area (Å²) in [7, 11) is 0. The van der Waals surface area contributed by atoms with Crippen molar-refractivity contribution in [2.45, 2.75) is 46.1 Å². The van der Waals surface area contributed by atoms with Crippen molar-refractivity contribution in [1.29, 1.82) is 0 Å². The molecule has 0 aliphatic carbocycles. The first-order chi connectivity index (χ1) is 10.5. The number of rotatable bonds is 5. The second-order valence-electron chi connectivity index (χ2n) is 6.36. The van der Waals surface area contributed by atoms with E-state index in [1.54, 1.807) is 0 Å². The number of hydrogen-bond acceptors (Lipinski definition) is 4. The van der Waals surface area contributed by atoms with E-state index in [2.05, 4.69) is 58.1 Å². The zero-order valence-electron chi connectivity index (χ0n) is 14.4. The molecule has 0 spiro atoms. The lowest BCUT2D eigenvalue weighted by atomic mass is 10.0. The van der Waals surface area contributed by atoms with Crippen LogP contribution in [0.1, 0.15) is 46.1 Å². The van der Waals surface area contributed by atoms with Gasteiger partial charge in [0.05, 0.1) is 0 Å². The van der Waals surface area contributed by atoms with E-state index in [9.17, 15) is 0 Å². The van der Waals surface area contributed by atoms with Gasteiger partial charge in [-0.2, -0.15) is 0 Å². The Hall–Kier alpha value is -2.08. The molecule has 3 N–H and O–H groups in total. The second kappa shape index (κ2) is 9.84. The highest BCUT2D eigenvalue weighted by molar-refractivity contribution is 6.27. The first-order valence-corrected chi connectivity index (χ1v) is 7.47. The van der Waals surface area contributed by atoms with Gasteiger partial charge in [0.2, 0.25) is 0 Å². The zero-order valence-corrected chi connectivity index (χ0v) is 14.4. The molecule has 23 heavy (non-hydrogen) atoms. The van der Waals surface area contributed by atoms with Crippen molar-refractivity contribution in [3.8, 4) is 5.75 Å². The minimum absolute atomic E-state index is 0.156. The number of aliphatic carboxylic acids is 2. The van der Waals surface area contributed by atoms with Gasteiger partial charge in [-0.3, -0.25) is 0 Å². The van der Waals surface area contributed by atoms with Crippen LogP contribution in [0.2, 0.25) is 0 Å². The minimum Gasteiger partial charge on any atom is -0.492 e. The van der Waals surface area contributed by atoms with Crippen molar-refractivity contribution in [1.82, 2.24) is 5.32 Å². The quantitative estimate of drug-likeness (QED) is 0.569. The smallest absolute Gasteiger partial charge is 0.414 e. The van der Waals surface area contributed by atoms with Crippen molar-refractivity contribution < 1.29 is 24.5 Å². The molecule has 1 rings (SSSR count). The number of carbonyl (C=O) groups is 2. The predicted molar refractivity (Wildman–Crippen MR) is 89.1 cm³/mol. The average molecular weight is 325 g/mol. The molecule has 0 heterocycles. The molecule has 0 aliphatic rings. The molecule has 130 valence electrons. The van der Waals surface area contributed by atoms with Gasteiger partial charge in [-0.1, -0.05) is 26.0 Å². The molecule has 1 aromatic rings. The maximum Gasteiger partial charge on any atom is 0.414 e. The van der Waals surface area contributed by atoms with Crippen LogP contribution in [0.3, 0.4) is 0 Å². The summed E-state index contributed by atoms with van der Waals surface area (Å²) >= 11 is 0. The lowest BCUT2D eigenvalue weighted by Gasteiger charge is -2.20. The molecule has 0 unspecified atom stereocenters. The fourth-order valence-corrected chi connectivity index (χ4v) is 1.56. The summed E-state index contributed by atoms with van der Waals surface area (Å²) in [6, 6.07) is 8.34. The van der Waals surface area contributed by atoms with Crippen LogP contribution in [0.15, 0.2) is 24.3 Å². The third-order valence-corrected chi connectivity index (χ3v) is 2.73. The molecule has 6 heteroatoms. The van der Waals surface area contributed by atoms with Gasteiger partial charge in [0, 0.05) is 12.1 Å². The third-order valence-electron chi connectivity index (χ3n) is 2.73. The van der Waals surface area contributed by atoms with Crippen LogP contribution in [0, 0.1) is 0 Å². The van der Waals surface area contributed by atoms with Crippen LogP contribution >= 0.6 is 0 Å². The van der Waals surface area contributed by atoms with Crippen molar-refractivity contribution in [2.24, 2.45) is 0 Å². The monoisotopic (exact) mass is 325 g/mol. The zero-order chi connectivity index (χ0) is 18.0. The number of carboxylic acid groups (broad SMARTS) is 2. The SMILES string of the molecule is CC(C)c1cccc(OCCNC(C)(C)C)c1.O=C(O)C(=O)O. The normalized spacial score (nSPS) is 10.7. The van der Waals surface area contributed by atoms with Crippen molar-refractivity contribution in [3.63, 3.8) is 0 Å². The van der Waals surface area contributed by atoms with E-state index in [1.807, 2.05) is 6.07 Å². The van der Waals surface area contributed by atoms with Crippen molar-refractivity contribution >= 4 is 11.9 Å². The predicted octanol–water partition coefficient (Wildman–Crippen LogP) is 2.73. The van der Waals surface area contributed by atoms with Crippen molar-refractivity contribution in [2.75, 3.05) is 13.2 Å². The number of ether oxygens (including phenoxy) is 1. The summed E-state index contributed by atoms with van der Waals surface area (Å²) in [6.07, 6.45) is 0. The Labute approximate surface area is 137 Å². The van der Waals surface area contributed by atoms with Gasteiger partial charge in [-0.25, -0.2) is 9.59 Å². The number of carboxylic acids is 2. The molecule has 0 aliphatic heterocycles. The highest BCUT2D eigenvalue weighted by Gasteiger charge is 2.07. The first-order valence-electron chi connectivity index (χ1n) is 7.47. The molecule has 0 bridgehead atoms. The average Bonchev–Trinajstić information content (AvgIpc) is 2.43. The number of hydrogen-bond donors (Lipinski definition) is 3. The highest BCUT2D eigenvalue weighted by atomic mass is 16.5. The standard InChI is InChI=1S/C15H25NO.C2H2O4/c1-12(2)13-7-6-8-14(11-13)17-10-9-16-15(3,4)5;3-1(4)2(5)6/h6-8,11-12,16H,9-10H2,1-5H3;(H,3,4)(H,5,6). The summed E-state index contributed by atoms with van der Waals surface area (Å²) in [5, 5.41) is 18.2. The topological polar surface area (TPSA) is 95.9 Å². The van der Waals surface area contributed by atoms with Crippen LogP contribution in [-0.2, 0) is 9.59 Å². The van der Waals surface area contributed by atoms with Gasteiger partial charge >= 0.3 is 11.9 Å². The van der Waals surface area contributed by atoms with E-state index >= 15 is 0 Å². The molecule has 0 fully saturated rings. The molecule has 1 aromatic carbocycles. The Morgan fingerprint density at radius 2 is 1.74 bits per heavy atom.